The van der Waals surface area contributed by atoms with E-state index in [4.69, 9.17) is 9.73 Å². The van der Waals surface area contributed by atoms with Gasteiger partial charge in [-0.05, 0) is 72.4 Å². The molecule has 0 aromatic heterocycles. The lowest BCUT2D eigenvalue weighted by Crippen LogP contribution is -2.49. The summed E-state index contributed by atoms with van der Waals surface area (Å²) in [6, 6.07) is 1.11. The Hall–Kier alpha value is -0.770. The number of aliphatic imine (C=N–C) groups is 1. The third-order valence-corrected chi connectivity index (χ3v) is 5.77. The van der Waals surface area contributed by atoms with Crippen molar-refractivity contribution in [2.45, 2.75) is 77.8 Å². The van der Waals surface area contributed by atoms with Crippen LogP contribution in [0.1, 0.15) is 65.7 Å². The van der Waals surface area contributed by atoms with Gasteiger partial charge in [-0.3, -0.25) is 4.99 Å². The van der Waals surface area contributed by atoms with E-state index in [-0.39, 0.29) is 30.1 Å². The van der Waals surface area contributed by atoms with Crippen molar-refractivity contribution >= 4 is 36.0 Å². The number of hydrogen-bond acceptors (Lipinski definition) is 4. The molecule has 0 aromatic rings. The summed E-state index contributed by atoms with van der Waals surface area (Å²) in [5.74, 6) is 0.906. The zero-order valence-corrected chi connectivity index (χ0v) is 21.0. The molecule has 1 atom stereocenters. The van der Waals surface area contributed by atoms with Crippen LogP contribution in [0, 0.1) is 0 Å². The normalized spacial score (nSPS) is 21.4. The molecule has 0 radical (unpaired) electrons. The van der Waals surface area contributed by atoms with Crippen molar-refractivity contribution in [3.8, 4) is 0 Å². The molecular formula is C21H42IN5O2. The summed E-state index contributed by atoms with van der Waals surface area (Å²) in [6.45, 7) is 12.4. The van der Waals surface area contributed by atoms with Crippen LogP contribution in [0.4, 0.5) is 4.79 Å². The van der Waals surface area contributed by atoms with Gasteiger partial charge in [-0.2, -0.15) is 0 Å². The van der Waals surface area contributed by atoms with Crippen molar-refractivity contribution < 1.29 is 9.53 Å². The zero-order valence-electron chi connectivity index (χ0n) is 18.6. The van der Waals surface area contributed by atoms with Gasteiger partial charge in [0.2, 0.25) is 0 Å². The third-order valence-electron chi connectivity index (χ3n) is 5.77. The first-order valence-electron chi connectivity index (χ1n) is 11.3. The van der Waals surface area contributed by atoms with Crippen LogP contribution in [0.3, 0.4) is 0 Å². The van der Waals surface area contributed by atoms with Gasteiger partial charge in [0.15, 0.2) is 5.96 Å². The molecule has 29 heavy (non-hydrogen) atoms. The van der Waals surface area contributed by atoms with Gasteiger partial charge in [0.1, 0.15) is 0 Å². The highest BCUT2D eigenvalue weighted by Crippen LogP contribution is 2.16. The van der Waals surface area contributed by atoms with Crippen molar-refractivity contribution in [1.29, 1.82) is 0 Å². The number of piperidine rings is 2. The summed E-state index contributed by atoms with van der Waals surface area (Å²) in [6.07, 6.45) is 8.09. The molecule has 2 fully saturated rings. The van der Waals surface area contributed by atoms with E-state index >= 15 is 0 Å². The smallest absolute Gasteiger partial charge is 0.409 e. The molecule has 0 spiro atoms. The van der Waals surface area contributed by atoms with Crippen LogP contribution in [-0.4, -0.2) is 79.8 Å². The Bertz CT molecular complexity index is 484. The number of hydrogen-bond donors (Lipinski definition) is 2. The number of likely N-dealkylation sites (tertiary alicyclic amines) is 2. The SMILES string of the molecule is CCNC(=NCCCCN1CCCCC1C)NC1CCN(C(=O)OCC)CC1.I. The average Bonchev–Trinajstić information content (AvgIpc) is 2.70. The molecule has 1 amide bonds. The summed E-state index contributed by atoms with van der Waals surface area (Å²) in [5.41, 5.74) is 0. The Labute approximate surface area is 194 Å². The number of nitrogens with one attached hydrogen (secondary N) is 2. The molecule has 0 aliphatic carbocycles. The third kappa shape index (κ3) is 9.72. The fourth-order valence-electron chi connectivity index (χ4n) is 4.04. The van der Waals surface area contributed by atoms with E-state index in [2.05, 4.69) is 29.4 Å². The molecule has 0 aromatic carbocycles. The standard InChI is InChI=1S/C21H41N5O2.HI/c1-4-22-20(23-13-7-9-15-25-14-8-6-10-18(25)3)24-19-11-16-26(17-12-19)21(27)28-5-2;/h18-19H,4-17H2,1-3H3,(H2,22,23,24);1H. The summed E-state index contributed by atoms with van der Waals surface area (Å²) in [7, 11) is 0. The maximum Gasteiger partial charge on any atom is 0.409 e. The monoisotopic (exact) mass is 523 g/mol. The topological polar surface area (TPSA) is 69.2 Å². The largest absolute Gasteiger partial charge is 0.450 e. The molecule has 2 heterocycles. The second kappa shape index (κ2) is 15.1. The van der Waals surface area contributed by atoms with Crippen molar-refractivity contribution in [3.63, 3.8) is 0 Å². The number of ether oxygens (including phenoxy) is 1. The van der Waals surface area contributed by atoms with Gasteiger partial charge >= 0.3 is 6.09 Å². The van der Waals surface area contributed by atoms with E-state index in [0.717, 1.165) is 57.4 Å². The fraction of sp³-hybridized carbons (Fsp3) is 0.905. The van der Waals surface area contributed by atoms with Crippen LogP contribution in [-0.2, 0) is 4.74 Å². The number of halogens is 1. The first-order chi connectivity index (χ1) is 13.6. The lowest BCUT2D eigenvalue weighted by atomic mass is 10.0. The lowest BCUT2D eigenvalue weighted by molar-refractivity contribution is 0.0963. The first kappa shape index (κ1) is 26.3. The molecular weight excluding hydrogens is 481 g/mol. The molecule has 0 bridgehead atoms. The van der Waals surface area contributed by atoms with Gasteiger partial charge in [-0.1, -0.05) is 6.42 Å². The molecule has 170 valence electrons. The molecule has 2 N–H and O–H groups in total. The Balaban J connectivity index is 0.00000420. The summed E-state index contributed by atoms with van der Waals surface area (Å²) in [4.78, 5) is 21.0. The minimum atomic E-state index is -0.190. The van der Waals surface area contributed by atoms with Crippen LogP contribution in [0.15, 0.2) is 4.99 Å². The molecule has 2 saturated heterocycles. The van der Waals surface area contributed by atoms with E-state index in [1.54, 1.807) is 4.90 Å². The minimum absolute atomic E-state index is 0. The van der Waals surface area contributed by atoms with Crippen molar-refractivity contribution in [3.05, 3.63) is 0 Å². The fourth-order valence-corrected chi connectivity index (χ4v) is 4.04. The Morgan fingerprint density at radius 2 is 1.86 bits per heavy atom. The van der Waals surface area contributed by atoms with E-state index in [1.807, 2.05) is 6.92 Å². The number of unbranched alkanes of at least 4 members (excludes halogenated alkanes) is 1. The predicted octanol–water partition coefficient (Wildman–Crippen LogP) is 3.44. The number of nitrogens with zero attached hydrogens (tertiary/aromatic N) is 3. The van der Waals surface area contributed by atoms with Gasteiger partial charge in [-0.25, -0.2) is 4.79 Å². The number of carbonyl (C=O) groups excluding carboxylic acids is 1. The van der Waals surface area contributed by atoms with Gasteiger partial charge in [0, 0.05) is 38.3 Å². The Kier molecular flexibility index (Phi) is 13.7. The van der Waals surface area contributed by atoms with E-state index in [0.29, 0.717) is 12.6 Å². The summed E-state index contributed by atoms with van der Waals surface area (Å²) >= 11 is 0. The summed E-state index contributed by atoms with van der Waals surface area (Å²) < 4.78 is 5.09. The maximum atomic E-state index is 11.8. The van der Waals surface area contributed by atoms with E-state index < -0.39 is 0 Å². The molecule has 1 unspecified atom stereocenters. The Morgan fingerprint density at radius 3 is 2.52 bits per heavy atom. The average molecular weight is 524 g/mol. The number of carbonyl (C=O) groups is 1. The zero-order chi connectivity index (χ0) is 20.2. The number of amides is 1. The van der Waals surface area contributed by atoms with Crippen molar-refractivity contribution in [2.75, 3.05) is 45.9 Å². The highest BCUT2D eigenvalue weighted by Gasteiger charge is 2.24. The second-order valence-corrected chi connectivity index (χ2v) is 7.95. The van der Waals surface area contributed by atoms with Gasteiger partial charge < -0.3 is 25.2 Å². The van der Waals surface area contributed by atoms with Crippen LogP contribution in [0.5, 0.6) is 0 Å². The van der Waals surface area contributed by atoms with Gasteiger partial charge in [0.05, 0.1) is 6.61 Å². The molecule has 2 rings (SSSR count). The number of guanidine groups is 1. The molecule has 2 aliphatic heterocycles. The quantitative estimate of drug-likeness (QED) is 0.221. The molecule has 8 heteroatoms. The van der Waals surface area contributed by atoms with Gasteiger partial charge in [0.25, 0.3) is 0 Å². The minimum Gasteiger partial charge on any atom is -0.450 e. The molecule has 2 aliphatic rings. The van der Waals surface area contributed by atoms with Crippen LogP contribution < -0.4 is 10.6 Å². The summed E-state index contributed by atoms with van der Waals surface area (Å²) in [5, 5.41) is 6.90. The second-order valence-electron chi connectivity index (χ2n) is 7.95. The van der Waals surface area contributed by atoms with Gasteiger partial charge in [-0.15, -0.1) is 24.0 Å². The van der Waals surface area contributed by atoms with E-state index in [9.17, 15) is 4.79 Å². The molecule has 0 saturated carbocycles. The highest BCUT2D eigenvalue weighted by molar-refractivity contribution is 14.0. The van der Waals surface area contributed by atoms with Crippen molar-refractivity contribution in [2.24, 2.45) is 4.99 Å². The molecule has 7 nitrogen and oxygen atoms in total. The lowest BCUT2D eigenvalue weighted by Gasteiger charge is -2.33. The maximum absolute atomic E-state index is 11.8. The number of rotatable bonds is 8. The predicted molar refractivity (Wildman–Crippen MR) is 130 cm³/mol. The van der Waals surface area contributed by atoms with Crippen LogP contribution in [0.25, 0.3) is 0 Å². The first-order valence-corrected chi connectivity index (χ1v) is 11.3. The Morgan fingerprint density at radius 1 is 1.10 bits per heavy atom. The van der Waals surface area contributed by atoms with Crippen LogP contribution in [0.2, 0.25) is 0 Å². The van der Waals surface area contributed by atoms with Crippen LogP contribution >= 0.6 is 24.0 Å². The van der Waals surface area contributed by atoms with E-state index in [1.165, 1.54) is 38.8 Å². The highest BCUT2D eigenvalue weighted by atomic mass is 127. The van der Waals surface area contributed by atoms with Crippen molar-refractivity contribution in [1.82, 2.24) is 20.4 Å².